The molecular formula is C12H12N8O3. The van der Waals surface area contributed by atoms with Crippen LogP contribution in [0.3, 0.4) is 0 Å². The first-order valence-corrected chi connectivity index (χ1v) is 6.42. The van der Waals surface area contributed by atoms with Gasteiger partial charge >= 0.3 is 5.88 Å². The Labute approximate surface area is 129 Å². The van der Waals surface area contributed by atoms with Gasteiger partial charge in [0.2, 0.25) is 5.82 Å². The quantitative estimate of drug-likeness (QED) is 0.391. The molecule has 11 nitrogen and oxygen atoms in total. The molecule has 0 radical (unpaired) electrons. The van der Waals surface area contributed by atoms with E-state index in [9.17, 15) is 10.1 Å². The van der Waals surface area contributed by atoms with Crippen LogP contribution < -0.4 is 5.12 Å². The van der Waals surface area contributed by atoms with Crippen molar-refractivity contribution in [3.63, 3.8) is 0 Å². The SMILES string of the molecule is C=NN(c1ccc2nnc(-c3ccc([N+](=O)[O-])o3)n2n1)N(C)C. The Morgan fingerprint density at radius 2 is 2.09 bits per heavy atom. The minimum absolute atomic E-state index is 0.191. The lowest BCUT2D eigenvalue weighted by Crippen LogP contribution is -2.32. The first-order valence-electron chi connectivity index (χ1n) is 6.42. The summed E-state index contributed by atoms with van der Waals surface area (Å²) >= 11 is 0. The number of hydrazine groups is 1. The lowest BCUT2D eigenvalue weighted by atomic mass is 10.4. The summed E-state index contributed by atoms with van der Waals surface area (Å²) in [4.78, 5) is 10.1. The van der Waals surface area contributed by atoms with Gasteiger partial charge in [0.05, 0.1) is 6.07 Å². The number of nitrogens with zero attached hydrogens (tertiary/aromatic N) is 8. The van der Waals surface area contributed by atoms with Crippen molar-refractivity contribution >= 4 is 24.1 Å². The summed E-state index contributed by atoms with van der Waals surface area (Å²) in [5.41, 5.74) is 0.463. The zero-order valence-electron chi connectivity index (χ0n) is 12.3. The number of hydrazone groups is 1. The molecule has 3 rings (SSSR count). The molecule has 0 saturated heterocycles. The second kappa shape index (κ2) is 5.46. The molecule has 0 amide bonds. The molecule has 0 aliphatic heterocycles. The van der Waals surface area contributed by atoms with Gasteiger partial charge in [-0.05, 0) is 18.2 Å². The van der Waals surface area contributed by atoms with Crippen molar-refractivity contribution in [1.82, 2.24) is 24.8 Å². The first-order chi connectivity index (χ1) is 11.0. The Balaban J connectivity index is 2.11. The smallest absolute Gasteiger partial charge is 0.397 e. The van der Waals surface area contributed by atoms with Gasteiger partial charge in [-0.3, -0.25) is 10.1 Å². The van der Waals surface area contributed by atoms with Crippen LogP contribution in [-0.4, -0.2) is 50.6 Å². The third-order valence-corrected chi connectivity index (χ3v) is 2.96. The van der Waals surface area contributed by atoms with E-state index in [0.717, 1.165) is 0 Å². The summed E-state index contributed by atoms with van der Waals surface area (Å²) in [5, 5.41) is 30.0. The van der Waals surface area contributed by atoms with Gasteiger partial charge in [0.1, 0.15) is 4.92 Å². The molecule has 0 saturated carbocycles. The molecule has 0 aliphatic carbocycles. The Morgan fingerprint density at radius 1 is 1.30 bits per heavy atom. The molecular weight excluding hydrogens is 304 g/mol. The summed E-state index contributed by atoms with van der Waals surface area (Å²) in [6.45, 7) is 3.49. The van der Waals surface area contributed by atoms with E-state index >= 15 is 0 Å². The topological polar surface area (TPSA) is 118 Å². The fraction of sp³-hybridized carbons (Fsp3) is 0.167. The summed E-state index contributed by atoms with van der Waals surface area (Å²) in [6.07, 6.45) is 0. The third-order valence-electron chi connectivity index (χ3n) is 2.96. The number of aromatic nitrogens is 4. The predicted octanol–water partition coefficient (Wildman–Crippen LogP) is 1.19. The molecule has 0 aromatic carbocycles. The number of hydrogen-bond acceptors (Lipinski definition) is 9. The minimum atomic E-state index is -0.624. The Morgan fingerprint density at radius 3 is 2.70 bits per heavy atom. The van der Waals surface area contributed by atoms with Crippen LogP contribution in [0.25, 0.3) is 17.2 Å². The highest BCUT2D eigenvalue weighted by Crippen LogP contribution is 2.25. The van der Waals surface area contributed by atoms with Crippen LogP contribution in [0, 0.1) is 10.1 Å². The molecule has 3 aromatic rings. The average Bonchev–Trinajstić information content (AvgIpc) is 3.13. The maximum absolute atomic E-state index is 10.7. The van der Waals surface area contributed by atoms with Crippen molar-refractivity contribution in [2.24, 2.45) is 5.10 Å². The molecule has 0 spiro atoms. The van der Waals surface area contributed by atoms with Gasteiger partial charge in [-0.2, -0.15) is 14.7 Å². The molecule has 0 fully saturated rings. The molecule has 0 bridgehead atoms. The Kier molecular flexibility index (Phi) is 3.46. The molecule has 23 heavy (non-hydrogen) atoms. The maximum atomic E-state index is 10.7. The largest absolute Gasteiger partial charge is 0.433 e. The molecule has 0 atom stereocenters. The van der Waals surface area contributed by atoms with Crippen molar-refractivity contribution < 1.29 is 9.34 Å². The van der Waals surface area contributed by atoms with E-state index in [1.54, 1.807) is 31.2 Å². The average molecular weight is 316 g/mol. The predicted molar refractivity (Wildman–Crippen MR) is 80.9 cm³/mol. The van der Waals surface area contributed by atoms with Crippen LogP contribution in [0.1, 0.15) is 0 Å². The third kappa shape index (κ3) is 2.48. The number of furan rings is 1. The fourth-order valence-corrected chi connectivity index (χ4v) is 1.99. The summed E-state index contributed by atoms with van der Waals surface area (Å²) < 4.78 is 6.57. The Hall–Kier alpha value is -3.34. The zero-order valence-corrected chi connectivity index (χ0v) is 12.3. The van der Waals surface area contributed by atoms with Crippen molar-refractivity contribution in [3.05, 3.63) is 34.4 Å². The second-order valence-corrected chi connectivity index (χ2v) is 4.66. The maximum Gasteiger partial charge on any atom is 0.433 e. The molecule has 0 unspecified atom stereocenters. The lowest BCUT2D eigenvalue weighted by Gasteiger charge is -2.23. The van der Waals surface area contributed by atoms with E-state index in [1.165, 1.54) is 21.8 Å². The van der Waals surface area contributed by atoms with Crippen molar-refractivity contribution in [2.45, 2.75) is 0 Å². The van der Waals surface area contributed by atoms with Crippen molar-refractivity contribution in [1.29, 1.82) is 0 Å². The summed E-state index contributed by atoms with van der Waals surface area (Å²) in [7, 11) is 3.56. The van der Waals surface area contributed by atoms with Crippen LogP contribution in [-0.2, 0) is 0 Å². The minimum Gasteiger partial charge on any atom is -0.397 e. The van der Waals surface area contributed by atoms with Crippen LogP contribution in [0.4, 0.5) is 11.7 Å². The second-order valence-electron chi connectivity index (χ2n) is 4.66. The molecule has 11 heteroatoms. The Bertz CT molecular complexity index is 883. The van der Waals surface area contributed by atoms with Crippen LogP contribution in [0.15, 0.2) is 33.8 Å². The van der Waals surface area contributed by atoms with Crippen molar-refractivity contribution in [3.8, 4) is 11.6 Å². The van der Waals surface area contributed by atoms with E-state index in [2.05, 4.69) is 27.1 Å². The van der Waals surface area contributed by atoms with Gasteiger partial charge in [0.25, 0.3) is 0 Å². The zero-order chi connectivity index (χ0) is 16.6. The standard InChI is InChI=1S/C12H12N8O3/c1-13-19(17(2)3)10-6-5-9-14-15-12(18(9)16-10)8-4-7-11(23-8)20(21)22/h4-7H,1H2,2-3H3. The highest BCUT2D eigenvalue weighted by atomic mass is 16.6. The van der Waals surface area contributed by atoms with E-state index in [-0.39, 0.29) is 17.5 Å². The molecule has 0 N–H and O–H groups in total. The van der Waals surface area contributed by atoms with E-state index < -0.39 is 4.92 Å². The number of fused-ring (bicyclic) bond motifs is 1. The van der Waals surface area contributed by atoms with Gasteiger partial charge in [0.15, 0.2) is 17.2 Å². The normalized spacial score (nSPS) is 11.1. The molecule has 118 valence electrons. The fourth-order valence-electron chi connectivity index (χ4n) is 1.99. The van der Waals surface area contributed by atoms with E-state index in [1.807, 2.05) is 0 Å². The molecule has 3 heterocycles. The van der Waals surface area contributed by atoms with E-state index in [4.69, 9.17) is 4.42 Å². The first kappa shape index (κ1) is 14.6. The van der Waals surface area contributed by atoms with Gasteiger partial charge in [0, 0.05) is 20.8 Å². The van der Waals surface area contributed by atoms with Gasteiger partial charge in [-0.15, -0.1) is 15.3 Å². The van der Waals surface area contributed by atoms with E-state index in [0.29, 0.717) is 11.5 Å². The van der Waals surface area contributed by atoms with Crippen molar-refractivity contribution in [2.75, 3.05) is 19.2 Å². The number of nitro groups is 1. The van der Waals surface area contributed by atoms with Crippen LogP contribution in [0.5, 0.6) is 0 Å². The van der Waals surface area contributed by atoms with Gasteiger partial charge in [-0.1, -0.05) is 0 Å². The molecule has 3 aromatic heterocycles. The number of rotatable bonds is 5. The molecule has 0 aliphatic rings. The highest BCUT2D eigenvalue weighted by Gasteiger charge is 2.19. The van der Waals surface area contributed by atoms with Crippen LogP contribution in [0.2, 0.25) is 0 Å². The number of anilines is 1. The van der Waals surface area contributed by atoms with Crippen LogP contribution >= 0.6 is 0 Å². The summed E-state index contributed by atoms with van der Waals surface area (Å²) in [6, 6.07) is 6.08. The van der Waals surface area contributed by atoms with Gasteiger partial charge in [-0.25, -0.2) is 5.01 Å². The highest BCUT2D eigenvalue weighted by molar-refractivity contribution is 5.56. The monoisotopic (exact) mass is 316 g/mol. The lowest BCUT2D eigenvalue weighted by molar-refractivity contribution is -0.401. The number of hydrogen-bond donors (Lipinski definition) is 0. The summed E-state index contributed by atoms with van der Waals surface area (Å²) in [5.74, 6) is 0.532. The van der Waals surface area contributed by atoms with Gasteiger partial charge < -0.3 is 4.42 Å².